The molecule has 0 aromatic rings. The lowest BCUT2D eigenvalue weighted by atomic mass is 9.88. The Balaban J connectivity index is 2.57. The van der Waals surface area contributed by atoms with E-state index in [1.165, 1.54) is 38.5 Å². The van der Waals surface area contributed by atoms with E-state index in [9.17, 15) is 0 Å². The largest absolute Gasteiger partial charge is 0.381 e. The second kappa shape index (κ2) is 12.1. The molecule has 0 saturated heterocycles. The molecular weight excluding hydrogens is 276 g/mol. The first-order chi connectivity index (χ1) is 10.7. The third kappa shape index (κ3) is 8.30. The van der Waals surface area contributed by atoms with Crippen LogP contribution in [0.2, 0.25) is 0 Å². The molecule has 22 heavy (non-hydrogen) atoms. The Bertz CT molecular complexity index is 280. The molecule has 1 saturated carbocycles. The van der Waals surface area contributed by atoms with Gasteiger partial charge in [-0.25, -0.2) is 0 Å². The van der Waals surface area contributed by atoms with E-state index in [1.54, 1.807) is 0 Å². The van der Waals surface area contributed by atoms with Crippen LogP contribution >= 0.6 is 0 Å². The van der Waals surface area contributed by atoms with Crippen molar-refractivity contribution >= 4 is 0 Å². The highest BCUT2D eigenvalue weighted by Gasteiger charge is 2.20. The van der Waals surface area contributed by atoms with E-state index in [0.29, 0.717) is 24.7 Å². The summed E-state index contributed by atoms with van der Waals surface area (Å²) in [6.45, 7) is 7.54. The van der Waals surface area contributed by atoms with Crippen molar-refractivity contribution in [2.75, 3.05) is 27.4 Å². The molecule has 0 heterocycles. The predicted octanol–water partition coefficient (Wildman–Crippen LogP) is 4.61. The van der Waals surface area contributed by atoms with Crippen molar-refractivity contribution in [3.63, 3.8) is 0 Å². The average Bonchev–Trinajstić information content (AvgIpc) is 2.52. The minimum Gasteiger partial charge on any atom is -0.381 e. The molecule has 0 aromatic carbocycles. The molecule has 0 spiro atoms. The first-order valence-corrected chi connectivity index (χ1v) is 8.93. The predicted molar refractivity (Wildman–Crippen MR) is 92.2 cm³/mol. The topological polar surface area (TPSA) is 27.7 Å². The third-order valence-corrected chi connectivity index (χ3v) is 4.95. The standard InChI is InChI=1S/C19H36O3/c1-5-13-22-15-17-7-6-8-18(20-3)11-9-16(2)10-12-19(14-17)21-4/h5,16-19H,1,6-15H2,2-4H3. The lowest BCUT2D eigenvalue weighted by molar-refractivity contribution is 0.0334. The van der Waals surface area contributed by atoms with Crippen molar-refractivity contribution in [3.05, 3.63) is 12.7 Å². The van der Waals surface area contributed by atoms with Gasteiger partial charge in [-0.3, -0.25) is 0 Å². The lowest BCUT2D eigenvalue weighted by Crippen LogP contribution is -2.22. The summed E-state index contributed by atoms with van der Waals surface area (Å²) in [7, 11) is 3.70. The van der Waals surface area contributed by atoms with Gasteiger partial charge in [-0.15, -0.1) is 6.58 Å². The summed E-state index contributed by atoms with van der Waals surface area (Å²) >= 11 is 0. The first kappa shape index (κ1) is 19.7. The minimum atomic E-state index is 0.373. The fourth-order valence-corrected chi connectivity index (χ4v) is 3.39. The molecule has 0 amide bonds. The summed E-state index contributed by atoms with van der Waals surface area (Å²) in [5.41, 5.74) is 0. The number of hydrogen-bond donors (Lipinski definition) is 0. The second-order valence-electron chi connectivity index (χ2n) is 6.83. The lowest BCUT2D eigenvalue weighted by Gasteiger charge is -2.26. The van der Waals surface area contributed by atoms with Gasteiger partial charge < -0.3 is 14.2 Å². The molecule has 3 nitrogen and oxygen atoms in total. The van der Waals surface area contributed by atoms with Gasteiger partial charge in [-0.1, -0.05) is 19.4 Å². The molecule has 1 rings (SSSR count). The van der Waals surface area contributed by atoms with E-state index in [4.69, 9.17) is 14.2 Å². The van der Waals surface area contributed by atoms with Crippen LogP contribution < -0.4 is 0 Å². The molecule has 0 aromatic heterocycles. The van der Waals surface area contributed by atoms with Crippen LogP contribution in [0, 0.1) is 11.8 Å². The summed E-state index contributed by atoms with van der Waals surface area (Å²) in [5, 5.41) is 0. The molecule has 0 bridgehead atoms. The minimum absolute atomic E-state index is 0.373. The first-order valence-electron chi connectivity index (χ1n) is 8.93. The Hall–Kier alpha value is -0.380. The monoisotopic (exact) mass is 312 g/mol. The number of ether oxygens (including phenoxy) is 3. The van der Waals surface area contributed by atoms with Crippen molar-refractivity contribution in [1.82, 2.24) is 0 Å². The summed E-state index contributed by atoms with van der Waals surface area (Å²) in [5.74, 6) is 1.34. The van der Waals surface area contributed by atoms with Crippen molar-refractivity contribution < 1.29 is 14.2 Å². The normalized spacial score (nSPS) is 32.0. The maximum atomic E-state index is 5.72. The quantitative estimate of drug-likeness (QED) is 0.529. The summed E-state index contributed by atoms with van der Waals surface area (Å²) in [4.78, 5) is 0. The van der Waals surface area contributed by atoms with Crippen LogP contribution in [0.4, 0.5) is 0 Å². The fraction of sp³-hybridized carbons (Fsp3) is 0.895. The van der Waals surface area contributed by atoms with Crippen LogP contribution in [0.25, 0.3) is 0 Å². The summed E-state index contributed by atoms with van der Waals surface area (Å²) < 4.78 is 17.1. The molecule has 1 aliphatic rings. The van der Waals surface area contributed by atoms with Gasteiger partial charge in [0.05, 0.1) is 18.8 Å². The molecule has 4 unspecified atom stereocenters. The molecule has 3 heteroatoms. The van der Waals surface area contributed by atoms with Crippen molar-refractivity contribution in [2.45, 2.75) is 70.5 Å². The average molecular weight is 312 g/mol. The molecule has 130 valence electrons. The van der Waals surface area contributed by atoms with Gasteiger partial charge in [-0.2, -0.15) is 0 Å². The Labute approximate surface area is 137 Å². The maximum Gasteiger partial charge on any atom is 0.0644 e. The highest BCUT2D eigenvalue weighted by molar-refractivity contribution is 4.73. The van der Waals surface area contributed by atoms with Crippen molar-refractivity contribution in [1.29, 1.82) is 0 Å². The summed E-state index contributed by atoms with van der Waals surface area (Å²) in [6, 6.07) is 0. The molecule has 0 N–H and O–H groups in total. The number of methoxy groups -OCH3 is 2. The van der Waals surface area contributed by atoms with Gasteiger partial charge in [0.25, 0.3) is 0 Å². The summed E-state index contributed by atoms with van der Waals surface area (Å²) in [6.07, 6.45) is 12.2. The molecule has 0 radical (unpaired) electrons. The van der Waals surface area contributed by atoms with E-state index in [0.717, 1.165) is 25.4 Å². The van der Waals surface area contributed by atoms with E-state index < -0.39 is 0 Å². The highest BCUT2D eigenvalue weighted by atomic mass is 16.5. The zero-order valence-corrected chi connectivity index (χ0v) is 14.9. The van der Waals surface area contributed by atoms with Crippen LogP contribution in [-0.4, -0.2) is 39.6 Å². The van der Waals surface area contributed by atoms with Crippen molar-refractivity contribution in [3.8, 4) is 0 Å². The van der Waals surface area contributed by atoms with Gasteiger partial charge in [-0.05, 0) is 56.8 Å². The molecule has 0 aliphatic heterocycles. The molecule has 1 aliphatic carbocycles. The molecule has 1 fully saturated rings. The SMILES string of the molecule is C=CCOCC1CCCC(OC)CCC(C)CCC(OC)C1. The smallest absolute Gasteiger partial charge is 0.0644 e. The van der Waals surface area contributed by atoms with Gasteiger partial charge in [0.15, 0.2) is 0 Å². The van der Waals surface area contributed by atoms with Gasteiger partial charge in [0, 0.05) is 20.8 Å². The Kier molecular flexibility index (Phi) is 10.8. The van der Waals surface area contributed by atoms with Crippen molar-refractivity contribution in [2.24, 2.45) is 11.8 Å². The second-order valence-corrected chi connectivity index (χ2v) is 6.83. The number of rotatable bonds is 6. The number of hydrogen-bond acceptors (Lipinski definition) is 3. The van der Waals surface area contributed by atoms with E-state index in [-0.39, 0.29) is 0 Å². The van der Waals surface area contributed by atoms with Gasteiger partial charge >= 0.3 is 0 Å². The van der Waals surface area contributed by atoms with Gasteiger partial charge in [0.1, 0.15) is 0 Å². The van der Waals surface area contributed by atoms with Crippen LogP contribution in [0.3, 0.4) is 0 Å². The Morgan fingerprint density at radius 2 is 1.64 bits per heavy atom. The molecular formula is C19H36O3. The van der Waals surface area contributed by atoms with E-state index in [1.807, 2.05) is 20.3 Å². The van der Waals surface area contributed by atoms with Crippen LogP contribution in [0.1, 0.15) is 58.3 Å². The van der Waals surface area contributed by atoms with E-state index >= 15 is 0 Å². The third-order valence-electron chi connectivity index (χ3n) is 4.95. The highest BCUT2D eigenvalue weighted by Crippen LogP contribution is 2.26. The molecule has 4 atom stereocenters. The maximum absolute atomic E-state index is 5.72. The van der Waals surface area contributed by atoms with E-state index in [2.05, 4.69) is 13.5 Å². The fourth-order valence-electron chi connectivity index (χ4n) is 3.39. The van der Waals surface area contributed by atoms with Crippen LogP contribution in [0.15, 0.2) is 12.7 Å². The van der Waals surface area contributed by atoms with Crippen LogP contribution in [-0.2, 0) is 14.2 Å². The zero-order valence-electron chi connectivity index (χ0n) is 14.9. The van der Waals surface area contributed by atoms with Gasteiger partial charge in [0.2, 0.25) is 0 Å². The Morgan fingerprint density at radius 1 is 0.955 bits per heavy atom. The Morgan fingerprint density at radius 3 is 2.27 bits per heavy atom. The van der Waals surface area contributed by atoms with Crippen LogP contribution in [0.5, 0.6) is 0 Å². The zero-order chi connectivity index (χ0) is 16.2.